The van der Waals surface area contributed by atoms with Crippen LogP contribution >= 0.6 is 0 Å². The van der Waals surface area contributed by atoms with Gasteiger partial charge in [0.2, 0.25) is 0 Å². The summed E-state index contributed by atoms with van der Waals surface area (Å²) in [6, 6.07) is 52.2. The van der Waals surface area contributed by atoms with E-state index in [0.717, 1.165) is 49.4 Å². The van der Waals surface area contributed by atoms with E-state index in [0.29, 0.717) is 18.2 Å². The molecule has 0 aliphatic heterocycles. The fourth-order valence-corrected chi connectivity index (χ4v) is 6.13. The van der Waals surface area contributed by atoms with E-state index < -0.39 is 0 Å². The van der Waals surface area contributed by atoms with Crippen LogP contribution < -0.4 is 0 Å². The maximum atomic E-state index is 6.15. The lowest BCUT2D eigenvalue weighted by Crippen LogP contribution is -2.06. The second-order valence-electron chi connectivity index (χ2n) is 11.3. The molecule has 1 heterocycles. The second-order valence-corrected chi connectivity index (χ2v) is 11.3. The molecule has 0 amide bonds. The zero-order valence-electron chi connectivity index (χ0n) is 25.1. The van der Waals surface area contributed by atoms with Crippen molar-refractivity contribution >= 4 is 61.9 Å². The first kappa shape index (κ1) is 27.4. The van der Waals surface area contributed by atoms with Crippen LogP contribution in [0.15, 0.2) is 171 Å². The number of aliphatic imine (C=N–C) groups is 3. The average molecular weight is 592 g/mol. The fraction of sp³-hybridized carbons (Fsp3) is 0.0238. The van der Waals surface area contributed by atoms with Gasteiger partial charge in [-0.05, 0) is 75.3 Å². The third-order valence-electron chi connectivity index (χ3n) is 8.44. The van der Waals surface area contributed by atoms with Gasteiger partial charge in [-0.15, -0.1) is 0 Å². The maximum Gasteiger partial charge on any atom is 0.161 e. The Morgan fingerprint density at radius 2 is 1.26 bits per heavy atom. The summed E-state index contributed by atoms with van der Waals surface area (Å²) < 4.78 is 6.15. The van der Waals surface area contributed by atoms with E-state index in [1.165, 1.54) is 21.9 Å². The third-order valence-corrected chi connectivity index (χ3v) is 8.44. The molecule has 8 rings (SSSR count). The number of nitrogens with zero attached hydrogens (tertiary/aromatic N) is 3. The van der Waals surface area contributed by atoms with Gasteiger partial charge in [0.25, 0.3) is 0 Å². The number of benzene rings is 7. The van der Waals surface area contributed by atoms with E-state index in [1.807, 2.05) is 54.6 Å². The first-order valence-corrected chi connectivity index (χ1v) is 15.3. The summed E-state index contributed by atoms with van der Waals surface area (Å²) in [4.78, 5) is 14.6. The van der Waals surface area contributed by atoms with Gasteiger partial charge in [0.05, 0.1) is 6.54 Å². The summed E-state index contributed by atoms with van der Waals surface area (Å²) in [5, 5.41) is 6.64. The lowest BCUT2D eigenvalue weighted by atomic mass is 10.00. The van der Waals surface area contributed by atoms with Crippen molar-refractivity contribution < 1.29 is 4.42 Å². The van der Waals surface area contributed by atoms with Gasteiger partial charge in [-0.2, -0.15) is 0 Å². The fourth-order valence-electron chi connectivity index (χ4n) is 6.13. The van der Waals surface area contributed by atoms with Crippen LogP contribution in [0.2, 0.25) is 0 Å². The van der Waals surface area contributed by atoms with E-state index in [2.05, 4.69) is 109 Å². The standard InChI is InChI=1S/C42H29N3O/c1-43-42(37-15-9-17-39-40(37)36-14-7-8-16-38(36)46-39)45-41(35-23-20-30-12-5-6-13-31(30)26-35)44-27-28-18-19-34-25-33(22-21-32(34)24-28)29-10-3-2-4-11-29/h2-26H,1,27H2. The summed E-state index contributed by atoms with van der Waals surface area (Å²) in [7, 11) is 0. The van der Waals surface area contributed by atoms with Crippen molar-refractivity contribution in [1.82, 2.24) is 0 Å². The van der Waals surface area contributed by atoms with Crippen LogP contribution in [0.3, 0.4) is 0 Å². The van der Waals surface area contributed by atoms with Crippen LogP contribution in [-0.2, 0) is 6.54 Å². The van der Waals surface area contributed by atoms with Crippen LogP contribution in [-0.4, -0.2) is 18.4 Å². The topological polar surface area (TPSA) is 50.2 Å². The molecule has 8 aromatic rings. The van der Waals surface area contributed by atoms with Crippen LogP contribution in [0, 0.1) is 0 Å². The molecule has 0 saturated heterocycles. The number of furan rings is 1. The van der Waals surface area contributed by atoms with Gasteiger partial charge >= 0.3 is 0 Å². The smallest absolute Gasteiger partial charge is 0.161 e. The zero-order valence-corrected chi connectivity index (χ0v) is 25.1. The number of amidine groups is 2. The second kappa shape index (κ2) is 11.8. The molecule has 0 fully saturated rings. The molecule has 0 aliphatic carbocycles. The predicted octanol–water partition coefficient (Wildman–Crippen LogP) is 10.7. The average Bonchev–Trinajstić information content (AvgIpc) is 3.51. The molecule has 7 aromatic carbocycles. The molecule has 0 aliphatic rings. The molecule has 1 aromatic heterocycles. The quantitative estimate of drug-likeness (QED) is 0.145. The number of hydrogen-bond donors (Lipinski definition) is 0. The molecule has 0 bridgehead atoms. The molecular formula is C42H29N3O. The van der Waals surface area contributed by atoms with Crippen molar-refractivity contribution in [2.45, 2.75) is 6.54 Å². The summed E-state index contributed by atoms with van der Waals surface area (Å²) >= 11 is 0. The number of para-hydroxylation sites is 1. The molecule has 0 atom stereocenters. The molecule has 0 radical (unpaired) electrons. The van der Waals surface area contributed by atoms with Crippen LogP contribution in [0.4, 0.5) is 0 Å². The van der Waals surface area contributed by atoms with Crippen molar-refractivity contribution in [2.24, 2.45) is 15.0 Å². The Labute approximate surface area is 266 Å². The Balaban J connectivity index is 1.22. The van der Waals surface area contributed by atoms with E-state index >= 15 is 0 Å². The molecule has 0 N–H and O–H groups in total. The minimum atomic E-state index is 0.464. The molecular weight excluding hydrogens is 562 g/mol. The van der Waals surface area contributed by atoms with E-state index in [-0.39, 0.29) is 0 Å². The Kier molecular flexibility index (Phi) is 7.01. The lowest BCUT2D eigenvalue weighted by Gasteiger charge is -2.09. The normalized spacial score (nSPS) is 12.3. The lowest BCUT2D eigenvalue weighted by molar-refractivity contribution is 0.669. The monoisotopic (exact) mass is 591 g/mol. The first-order valence-electron chi connectivity index (χ1n) is 15.3. The van der Waals surface area contributed by atoms with Crippen molar-refractivity contribution in [2.75, 3.05) is 0 Å². The molecule has 4 nitrogen and oxygen atoms in total. The van der Waals surface area contributed by atoms with Crippen molar-refractivity contribution in [3.05, 3.63) is 168 Å². The Hall–Kier alpha value is -6.13. The summed E-state index contributed by atoms with van der Waals surface area (Å²) in [6.07, 6.45) is 0. The predicted molar refractivity (Wildman–Crippen MR) is 193 cm³/mol. The van der Waals surface area contributed by atoms with E-state index in [9.17, 15) is 0 Å². The van der Waals surface area contributed by atoms with Gasteiger partial charge in [-0.3, -0.25) is 4.99 Å². The number of rotatable bonds is 5. The summed E-state index contributed by atoms with van der Waals surface area (Å²) in [5.41, 5.74) is 6.89. The Morgan fingerprint density at radius 3 is 2.15 bits per heavy atom. The molecule has 0 unspecified atom stereocenters. The maximum absolute atomic E-state index is 6.15. The minimum Gasteiger partial charge on any atom is -0.456 e. The molecule has 218 valence electrons. The van der Waals surface area contributed by atoms with Crippen LogP contribution in [0.5, 0.6) is 0 Å². The van der Waals surface area contributed by atoms with Gasteiger partial charge in [0.1, 0.15) is 11.2 Å². The highest BCUT2D eigenvalue weighted by atomic mass is 16.3. The molecule has 46 heavy (non-hydrogen) atoms. The molecule has 0 saturated carbocycles. The van der Waals surface area contributed by atoms with E-state index in [4.69, 9.17) is 14.4 Å². The largest absolute Gasteiger partial charge is 0.456 e. The van der Waals surface area contributed by atoms with Crippen molar-refractivity contribution in [3.8, 4) is 11.1 Å². The van der Waals surface area contributed by atoms with Crippen molar-refractivity contribution in [1.29, 1.82) is 0 Å². The highest BCUT2D eigenvalue weighted by Gasteiger charge is 2.15. The summed E-state index contributed by atoms with van der Waals surface area (Å²) in [5.74, 6) is 1.09. The highest BCUT2D eigenvalue weighted by molar-refractivity contribution is 6.22. The Morgan fingerprint density at radius 1 is 0.543 bits per heavy atom. The van der Waals surface area contributed by atoms with Crippen LogP contribution in [0.25, 0.3) is 54.6 Å². The van der Waals surface area contributed by atoms with Gasteiger partial charge in [0.15, 0.2) is 11.7 Å². The van der Waals surface area contributed by atoms with Crippen molar-refractivity contribution in [3.63, 3.8) is 0 Å². The van der Waals surface area contributed by atoms with Gasteiger partial charge < -0.3 is 4.42 Å². The van der Waals surface area contributed by atoms with E-state index in [1.54, 1.807) is 0 Å². The van der Waals surface area contributed by atoms with Gasteiger partial charge in [-0.1, -0.05) is 121 Å². The third kappa shape index (κ3) is 5.16. The van der Waals surface area contributed by atoms with Gasteiger partial charge in [0, 0.05) is 21.9 Å². The molecule has 0 spiro atoms. The SMILES string of the molecule is C=NC(=NC(=NCc1ccc2cc(-c3ccccc3)ccc2c1)c1ccc2ccccc2c1)c1cccc2oc3ccccc3c12. The van der Waals surface area contributed by atoms with Crippen LogP contribution in [0.1, 0.15) is 16.7 Å². The number of hydrogen-bond acceptors (Lipinski definition) is 2. The number of fused-ring (bicyclic) bond motifs is 5. The minimum absolute atomic E-state index is 0.464. The highest BCUT2D eigenvalue weighted by Crippen LogP contribution is 2.32. The zero-order chi connectivity index (χ0) is 30.9. The molecule has 4 heteroatoms. The first-order chi connectivity index (χ1) is 22.7. The van der Waals surface area contributed by atoms with Gasteiger partial charge in [-0.25, -0.2) is 9.98 Å². The Bertz CT molecular complexity index is 2470. The summed E-state index contributed by atoms with van der Waals surface area (Å²) in [6.45, 7) is 4.38.